The topological polar surface area (TPSA) is 60.5 Å². The molecule has 0 atom stereocenters. The number of rotatable bonds is 6. The predicted octanol–water partition coefficient (Wildman–Crippen LogP) is 3.23. The summed E-state index contributed by atoms with van der Waals surface area (Å²) < 4.78 is 10.4. The number of nitrogens with zero attached hydrogens (tertiary/aromatic N) is 1. The van der Waals surface area contributed by atoms with Crippen molar-refractivity contribution in [2.75, 3.05) is 19.0 Å². The first-order valence-electron chi connectivity index (χ1n) is 7.11. The molecule has 22 heavy (non-hydrogen) atoms. The van der Waals surface area contributed by atoms with Crippen molar-refractivity contribution in [3.05, 3.63) is 48.2 Å². The normalized spacial score (nSPS) is 10.4. The molecule has 2 rings (SSSR count). The molecule has 0 saturated heterocycles. The third-order valence-corrected chi connectivity index (χ3v) is 3.15. The highest BCUT2D eigenvalue weighted by molar-refractivity contribution is 5.91. The van der Waals surface area contributed by atoms with Gasteiger partial charge < -0.3 is 14.8 Å². The molecule has 0 radical (unpaired) electrons. The SMILES string of the molecule is COc1ccc(NC(=O)COc2ccc(C(C)C)cc2)cn1. The van der Waals surface area contributed by atoms with Crippen molar-refractivity contribution in [2.45, 2.75) is 19.8 Å². The van der Waals surface area contributed by atoms with Gasteiger partial charge in [-0.15, -0.1) is 0 Å². The van der Waals surface area contributed by atoms with E-state index < -0.39 is 0 Å². The molecule has 0 unspecified atom stereocenters. The smallest absolute Gasteiger partial charge is 0.262 e. The number of hydrogen-bond acceptors (Lipinski definition) is 4. The van der Waals surface area contributed by atoms with Crippen LogP contribution in [0.2, 0.25) is 0 Å². The number of hydrogen-bond donors (Lipinski definition) is 1. The van der Waals surface area contributed by atoms with E-state index in [2.05, 4.69) is 24.1 Å². The fourth-order valence-electron chi connectivity index (χ4n) is 1.87. The lowest BCUT2D eigenvalue weighted by Crippen LogP contribution is -2.20. The monoisotopic (exact) mass is 300 g/mol. The minimum atomic E-state index is -0.236. The summed E-state index contributed by atoms with van der Waals surface area (Å²) in [5, 5.41) is 2.71. The van der Waals surface area contributed by atoms with Gasteiger partial charge in [0.25, 0.3) is 5.91 Å². The van der Waals surface area contributed by atoms with Gasteiger partial charge in [0.2, 0.25) is 5.88 Å². The third kappa shape index (κ3) is 4.48. The van der Waals surface area contributed by atoms with Crippen molar-refractivity contribution in [1.82, 2.24) is 4.98 Å². The lowest BCUT2D eigenvalue weighted by molar-refractivity contribution is -0.118. The molecule has 1 amide bonds. The van der Waals surface area contributed by atoms with E-state index in [0.29, 0.717) is 23.2 Å². The Morgan fingerprint density at radius 3 is 2.45 bits per heavy atom. The molecule has 0 saturated carbocycles. The van der Waals surface area contributed by atoms with Crippen molar-refractivity contribution < 1.29 is 14.3 Å². The van der Waals surface area contributed by atoms with E-state index in [4.69, 9.17) is 9.47 Å². The van der Waals surface area contributed by atoms with E-state index in [1.54, 1.807) is 19.2 Å². The average Bonchev–Trinajstić information content (AvgIpc) is 2.54. The molecular weight excluding hydrogens is 280 g/mol. The molecule has 0 bridgehead atoms. The molecule has 1 N–H and O–H groups in total. The number of anilines is 1. The number of pyridine rings is 1. The minimum absolute atomic E-state index is 0.0486. The van der Waals surface area contributed by atoms with E-state index >= 15 is 0 Å². The maximum atomic E-state index is 11.8. The van der Waals surface area contributed by atoms with Crippen molar-refractivity contribution >= 4 is 11.6 Å². The molecule has 0 spiro atoms. The molecule has 0 aliphatic rings. The third-order valence-electron chi connectivity index (χ3n) is 3.15. The number of benzene rings is 1. The van der Waals surface area contributed by atoms with Crippen molar-refractivity contribution in [3.8, 4) is 11.6 Å². The van der Waals surface area contributed by atoms with Gasteiger partial charge in [0.1, 0.15) is 5.75 Å². The summed E-state index contributed by atoms with van der Waals surface area (Å²) in [6, 6.07) is 11.2. The fraction of sp³-hybridized carbons (Fsp3) is 0.294. The molecule has 1 aromatic heterocycles. The lowest BCUT2D eigenvalue weighted by Gasteiger charge is -2.09. The number of methoxy groups -OCH3 is 1. The Labute approximate surface area is 130 Å². The first kappa shape index (κ1) is 15.8. The van der Waals surface area contributed by atoms with Crippen LogP contribution in [-0.2, 0) is 4.79 Å². The molecule has 0 fully saturated rings. The molecule has 0 aliphatic heterocycles. The van der Waals surface area contributed by atoms with Crippen LogP contribution in [0.25, 0.3) is 0 Å². The number of ether oxygens (including phenoxy) is 2. The zero-order chi connectivity index (χ0) is 15.9. The van der Waals surface area contributed by atoms with E-state index in [9.17, 15) is 4.79 Å². The van der Waals surface area contributed by atoms with Gasteiger partial charge in [0, 0.05) is 6.07 Å². The second kappa shape index (κ2) is 7.45. The summed E-state index contributed by atoms with van der Waals surface area (Å²) >= 11 is 0. The maximum absolute atomic E-state index is 11.8. The zero-order valence-electron chi connectivity index (χ0n) is 13.0. The number of nitrogens with one attached hydrogen (secondary N) is 1. The highest BCUT2D eigenvalue weighted by Gasteiger charge is 2.05. The summed E-state index contributed by atoms with van der Waals surface area (Å²) in [6.45, 7) is 4.21. The van der Waals surface area contributed by atoms with E-state index in [0.717, 1.165) is 0 Å². The molecular formula is C17H20N2O3. The van der Waals surface area contributed by atoms with Gasteiger partial charge in [-0.25, -0.2) is 4.98 Å². The summed E-state index contributed by atoms with van der Waals surface area (Å²) in [7, 11) is 1.54. The van der Waals surface area contributed by atoms with E-state index in [-0.39, 0.29) is 12.5 Å². The first-order chi connectivity index (χ1) is 10.6. The molecule has 116 valence electrons. The molecule has 2 aromatic rings. The molecule has 5 nitrogen and oxygen atoms in total. The Morgan fingerprint density at radius 1 is 1.18 bits per heavy atom. The first-order valence-corrected chi connectivity index (χ1v) is 7.11. The Kier molecular flexibility index (Phi) is 5.36. The number of carbonyl (C=O) groups excluding carboxylic acids is 1. The van der Waals surface area contributed by atoms with Gasteiger partial charge in [-0.3, -0.25) is 4.79 Å². The summed E-state index contributed by atoms with van der Waals surface area (Å²) in [5.41, 5.74) is 1.84. The quantitative estimate of drug-likeness (QED) is 0.889. The standard InChI is InChI=1S/C17H20N2O3/c1-12(2)13-4-7-15(8-5-13)22-11-16(20)19-14-6-9-17(21-3)18-10-14/h4-10,12H,11H2,1-3H3,(H,19,20). The lowest BCUT2D eigenvalue weighted by atomic mass is 10.0. The van der Waals surface area contributed by atoms with Crippen LogP contribution >= 0.6 is 0 Å². The van der Waals surface area contributed by atoms with Gasteiger partial charge in [0.15, 0.2) is 6.61 Å². The highest BCUT2D eigenvalue weighted by atomic mass is 16.5. The van der Waals surface area contributed by atoms with Crippen LogP contribution in [0, 0.1) is 0 Å². The number of amides is 1. The number of aromatic nitrogens is 1. The van der Waals surface area contributed by atoms with E-state index in [1.807, 2.05) is 24.3 Å². The van der Waals surface area contributed by atoms with Gasteiger partial charge in [-0.1, -0.05) is 26.0 Å². The minimum Gasteiger partial charge on any atom is -0.484 e. The second-order valence-electron chi connectivity index (χ2n) is 5.15. The molecule has 1 aromatic carbocycles. The summed E-state index contributed by atoms with van der Waals surface area (Å²) in [4.78, 5) is 15.8. The van der Waals surface area contributed by atoms with Crippen LogP contribution in [0.4, 0.5) is 5.69 Å². The molecule has 0 aliphatic carbocycles. The van der Waals surface area contributed by atoms with Crippen LogP contribution in [0.1, 0.15) is 25.3 Å². The Bertz CT molecular complexity index is 607. The van der Waals surface area contributed by atoms with Crippen LogP contribution < -0.4 is 14.8 Å². The number of carbonyl (C=O) groups is 1. The van der Waals surface area contributed by atoms with Crippen molar-refractivity contribution in [3.63, 3.8) is 0 Å². The van der Waals surface area contributed by atoms with E-state index in [1.165, 1.54) is 11.8 Å². The summed E-state index contributed by atoms with van der Waals surface area (Å²) in [5.74, 6) is 1.41. The Balaban J connectivity index is 1.84. The van der Waals surface area contributed by atoms with Gasteiger partial charge in [-0.05, 0) is 29.7 Å². The maximum Gasteiger partial charge on any atom is 0.262 e. The fourth-order valence-corrected chi connectivity index (χ4v) is 1.87. The predicted molar refractivity (Wildman–Crippen MR) is 85.4 cm³/mol. The van der Waals surface area contributed by atoms with Crippen LogP contribution in [-0.4, -0.2) is 24.6 Å². The molecule has 1 heterocycles. The highest BCUT2D eigenvalue weighted by Crippen LogP contribution is 2.18. The van der Waals surface area contributed by atoms with Gasteiger partial charge in [0.05, 0.1) is 19.0 Å². The van der Waals surface area contributed by atoms with Crippen LogP contribution in [0.3, 0.4) is 0 Å². The zero-order valence-corrected chi connectivity index (χ0v) is 13.0. The van der Waals surface area contributed by atoms with Crippen molar-refractivity contribution in [2.24, 2.45) is 0 Å². The van der Waals surface area contributed by atoms with Crippen molar-refractivity contribution in [1.29, 1.82) is 0 Å². The van der Waals surface area contributed by atoms with Gasteiger partial charge in [-0.2, -0.15) is 0 Å². The largest absolute Gasteiger partial charge is 0.484 e. The average molecular weight is 300 g/mol. The van der Waals surface area contributed by atoms with Crippen LogP contribution in [0.15, 0.2) is 42.6 Å². The Morgan fingerprint density at radius 2 is 1.91 bits per heavy atom. The molecule has 5 heteroatoms. The summed E-state index contributed by atoms with van der Waals surface area (Å²) in [6.07, 6.45) is 1.54. The Hall–Kier alpha value is -2.56. The second-order valence-corrected chi connectivity index (χ2v) is 5.15. The van der Waals surface area contributed by atoms with Crippen LogP contribution in [0.5, 0.6) is 11.6 Å². The van der Waals surface area contributed by atoms with Gasteiger partial charge >= 0.3 is 0 Å².